The van der Waals surface area contributed by atoms with Gasteiger partial charge in [0.25, 0.3) is 0 Å². The second-order valence-electron chi connectivity index (χ2n) is 17.6. The number of carbonyl (C=O) groups excluding carboxylic acids is 1. The highest BCUT2D eigenvalue weighted by atomic mass is 16.7. The predicted molar refractivity (Wildman–Crippen MR) is 163 cm³/mol. The molecule has 0 spiro atoms. The van der Waals surface area contributed by atoms with Gasteiger partial charge in [-0.2, -0.15) is 0 Å². The van der Waals surface area contributed by atoms with E-state index in [0.717, 1.165) is 44.9 Å². The molecule has 1 aliphatic heterocycles. The number of hydrogen-bond donors (Lipinski definition) is 3. The van der Waals surface area contributed by atoms with Gasteiger partial charge < -0.3 is 24.8 Å². The number of carboxylic acids is 1. The number of fused-ring (bicyclic) bond motifs is 7. The monoisotopic (exact) mass is 600 g/mol. The zero-order valence-corrected chi connectivity index (χ0v) is 27.7. The summed E-state index contributed by atoms with van der Waals surface area (Å²) in [6.45, 7) is 17.8. The van der Waals surface area contributed by atoms with Crippen LogP contribution in [0.5, 0.6) is 0 Å². The molecule has 3 N–H and O–H groups in total. The Morgan fingerprint density at radius 1 is 0.953 bits per heavy atom. The molecule has 6 rings (SSSR count). The molecule has 0 radical (unpaired) electrons. The third-order valence-corrected chi connectivity index (χ3v) is 15.0. The molecule has 242 valence electrons. The fraction of sp³-hybridized carbons (Fsp3) is 0.889. The zero-order valence-electron chi connectivity index (χ0n) is 27.7. The Morgan fingerprint density at radius 2 is 1.63 bits per heavy atom. The minimum Gasteiger partial charge on any atom is -0.481 e. The Labute approximate surface area is 258 Å². The van der Waals surface area contributed by atoms with E-state index in [1.807, 2.05) is 13.0 Å². The lowest BCUT2D eigenvalue weighted by molar-refractivity contribution is -0.290. The summed E-state index contributed by atoms with van der Waals surface area (Å²) in [6, 6.07) is 0. The number of aliphatic hydroxyl groups excluding tert-OH is 2. The van der Waals surface area contributed by atoms with Crippen molar-refractivity contribution in [1.29, 1.82) is 0 Å². The van der Waals surface area contributed by atoms with Crippen LogP contribution in [0.1, 0.15) is 120 Å². The summed E-state index contributed by atoms with van der Waals surface area (Å²) in [5, 5.41) is 30.7. The highest BCUT2D eigenvalue weighted by molar-refractivity contribution is 5.95. The highest BCUT2D eigenvalue weighted by Gasteiger charge is 2.70. The van der Waals surface area contributed by atoms with Crippen LogP contribution in [0.4, 0.5) is 0 Å². The Kier molecular flexibility index (Phi) is 7.27. The minimum atomic E-state index is -0.903. The van der Waals surface area contributed by atoms with Gasteiger partial charge in [-0.15, -0.1) is 0 Å². The number of ketones is 1. The Balaban J connectivity index is 1.32. The topological polar surface area (TPSA) is 113 Å². The first-order valence-corrected chi connectivity index (χ1v) is 17.0. The standard InChI is InChI=1S/C36H56O7/c1-20-28(39)23(37)18-27(42-20)43-26-10-11-34(6)25(31(26,2)3)9-12-36(8)29(34)24(38)17-21-22-19-33(5,30(40)41)14-13-32(22,4)15-16-35(21,36)7/h17,20,22-23,25-29,37,39H,9-16,18-19H2,1-8H3,(H,40,41). The van der Waals surface area contributed by atoms with Crippen molar-refractivity contribution in [2.75, 3.05) is 0 Å². The minimum absolute atomic E-state index is 0.0462. The molecule has 13 atom stereocenters. The molecule has 4 saturated carbocycles. The molecule has 1 heterocycles. The molecule has 0 aromatic heterocycles. The maximum Gasteiger partial charge on any atom is 0.309 e. The molecule has 7 heteroatoms. The first-order valence-electron chi connectivity index (χ1n) is 17.0. The number of carboxylic acid groups (broad SMARTS) is 1. The van der Waals surface area contributed by atoms with Crippen molar-refractivity contribution in [3.8, 4) is 0 Å². The van der Waals surface area contributed by atoms with E-state index in [9.17, 15) is 24.9 Å². The van der Waals surface area contributed by atoms with Crippen molar-refractivity contribution in [2.24, 2.45) is 50.2 Å². The maximum absolute atomic E-state index is 14.6. The summed E-state index contributed by atoms with van der Waals surface area (Å²) in [5.41, 5.74) is -0.165. The van der Waals surface area contributed by atoms with Crippen LogP contribution in [0.25, 0.3) is 0 Å². The molecule has 5 fully saturated rings. The lowest BCUT2D eigenvalue weighted by Crippen LogP contribution is -2.67. The fourth-order valence-electron chi connectivity index (χ4n) is 11.9. The van der Waals surface area contributed by atoms with Gasteiger partial charge in [0.2, 0.25) is 0 Å². The Hall–Kier alpha value is -1.28. The number of rotatable bonds is 3. The molecular formula is C36H56O7. The normalized spacial score (nSPS) is 54.4. The van der Waals surface area contributed by atoms with Gasteiger partial charge in [0.05, 0.1) is 23.7 Å². The predicted octanol–water partition coefficient (Wildman–Crippen LogP) is 6.29. The summed E-state index contributed by atoms with van der Waals surface area (Å²) >= 11 is 0. The Bertz CT molecular complexity index is 1200. The van der Waals surface area contributed by atoms with Crippen LogP contribution in [0.15, 0.2) is 11.6 Å². The van der Waals surface area contributed by atoms with E-state index < -0.39 is 36.0 Å². The first kappa shape index (κ1) is 31.7. The van der Waals surface area contributed by atoms with Crippen molar-refractivity contribution >= 4 is 11.8 Å². The zero-order chi connectivity index (χ0) is 31.5. The Morgan fingerprint density at radius 3 is 2.28 bits per heavy atom. The summed E-state index contributed by atoms with van der Waals surface area (Å²) in [5.74, 6) is -0.128. The number of aliphatic carboxylic acids is 1. The van der Waals surface area contributed by atoms with E-state index in [4.69, 9.17) is 9.47 Å². The van der Waals surface area contributed by atoms with E-state index >= 15 is 0 Å². The molecule has 43 heavy (non-hydrogen) atoms. The van der Waals surface area contributed by atoms with Gasteiger partial charge in [0, 0.05) is 12.3 Å². The summed E-state index contributed by atoms with van der Waals surface area (Å²) < 4.78 is 12.6. The average molecular weight is 601 g/mol. The van der Waals surface area contributed by atoms with Gasteiger partial charge in [0.15, 0.2) is 12.1 Å². The van der Waals surface area contributed by atoms with Crippen molar-refractivity contribution in [3.05, 3.63) is 11.6 Å². The van der Waals surface area contributed by atoms with Gasteiger partial charge >= 0.3 is 5.97 Å². The molecule has 1 saturated heterocycles. The van der Waals surface area contributed by atoms with Crippen molar-refractivity contribution in [3.63, 3.8) is 0 Å². The second kappa shape index (κ2) is 9.86. The number of ether oxygens (including phenoxy) is 2. The lowest BCUT2D eigenvalue weighted by Gasteiger charge is -2.70. The molecule has 0 bridgehead atoms. The molecule has 5 aliphatic carbocycles. The summed E-state index contributed by atoms with van der Waals surface area (Å²) in [4.78, 5) is 27.0. The van der Waals surface area contributed by atoms with E-state index in [-0.39, 0.29) is 63.1 Å². The number of aliphatic hydroxyl groups is 2. The third kappa shape index (κ3) is 4.33. The molecule has 0 amide bonds. The van der Waals surface area contributed by atoms with Crippen LogP contribution in [0.2, 0.25) is 0 Å². The van der Waals surface area contributed by atoms with Gasteiger partial charge in [-0.1, -0.05) is 47.1 Å². The fourth-order valence-corrected chi connectivity index (χ4v) is 11.9. The van der Waals surface area contributed by atoms with Crippen LogP contribution in [0, 0.1) is 50.2 Å². The molecule has 0 aromatic rings. The van der Waals surface area contributed by atoms with Gasteiger partial charge in [0.1, 0.15) is 6.10 Å². The number of carbonyl (C=O) groups is 2. The maximum atomic E-state index is 14.6. The quantitative estimate of drug-likeness (QED) is 0.326. The smallest absolute Gasteiger partial charge is 0.309 e. The van der Waals surface area contributed by atoms with Crippen molar-refractivity contribution in [2.45, 2.75) is 150 Å². The van der Waals surface area contributed by atoms with Crippen LogP contribution < -0.4 is 0 Å². The van der Waals surface area contributed by atoms with Gasteiger partial charge in [-0.3, -0.25) is 9.59 Å². The summed E-state index contributed by atoms with van der Waals surface area (Å²) in [6.07, 6.45) is 7.45. The van der Waals surface area contributed by atoms with Crippen LogP contribution >= 0.6 is 0 Å². The van der Waals surface area contributed by atoms with Crippen molar-refractivity contribution < 1.29 is 34.4 Å². The number of hydrogen-bond acceptors (Lipinski definition) is 6. The summed E-state index contributed by atoms with van der Waals surface area (Å²) in [7, 11) is 0. The van der Waals surface area contributed by atoms with E-state index in [1.165, 1.54) is 5.57 Å². The third-order valence-electron chi connectivity index (χ3n) is 15.0. The molecule has 6 aliphatic rings. The van der Waals surface area contributed by atoms with E-state index in [2.05, 4.69) is 41.5 Å². The number of allylic oxidation sites excluding steroid dienone is 2. The van der Waals surface area contributed by atoms with E-state index in [0.29, 0.717) is 12.8 Å². The molecule has 7 nitrogen and oxygen atoms in total. The van der Waals surface area contributed by atoms with Crippen molar-refractivity contribution in [1.82, 2.24) is 0 Å². The molecule has 0 aromatic carbocycles. The molecule has 13 unspecified atom stereocenters. The van der Waals surface area contributed by atoms with Gasteiger partial charge in [-0.25, -0.2) is 0 Å². The SMILES string of the molecule is CC1OC(OC2CCC3(C)C(CCC4(C)C3C(=O)C=C3C5CC(C)(C(=O)O)CCC5(C)CCC34C)C2(C)C)CC(O)C1O. The first-order chi connectivity index (χ1) is 19.8. The van der Waals surface area contributed by atoms with Gasteiger partial charge in [-0.05, 0) is 117 Å². The largest absolute Gasteiger partial charge is 0.481 e. The second-order valence-corrected chi connectivity index (χ2v) is 17.6. The van der Waals surface area contributed by atoms with Crippen LogP contribution in [-0.4, -0.2) is 57.8 Å². The lowest BCUT2D eigenvalue weighted by atomic mass is 9.33. The molecular weight excluding hydrogens is 544 g/mol. The highest BCUT2D eigenvalue weighted by Crippen LogP contribution is 2.75. The van der Waals surface area contributed by atoms with Crippen LogP contribution in [0.3, 0.4) is 0 Å². The average Bonchev–Trinajstić information content (AvgIpc) is 2.91. The van der Waals surface area contributed by atoms with E-state index in [1.54, 1.807) is 6.92 Å². The van der Waals surface area contributed by atoms with Crippen LogP contribution in [-0.2, 0) is 19.1 Å².